The summed E-state index contributed by atoms with van der Waals surface area (Å²) < 4.78 is 263. The SMILES string of the molecule is [2H]c1c([2H])c2c3c(c1[2H])-n1c4c([2H])c([2H])c(C(C)(C)C)c([2H])c4c4c([2H])c(C(C)(C)C)c([2H])c(c41)N3c1c([2H])c(C)c([2H])c3c1B2c1c([2H])c([2H])c(-n2c4c([2H])c([2H])c(C(C)(C)C)c([2H])c4c4c([2H])c(C(C)(C)C)c([2H])c([2H])c42)c([2H])c1N3c1c([2H])c([2H])c2c(sc3c([2H])c([2H])c([2H])c([2H])c32)c1[2H]. The molecule has 77 heavy (non-hydrogen) atoms. The van der Waals surface area contributed by atoms with E-state index >= 15 is 0 Å². The molecule has 0 atom stereocenters. The fourth-order valence-corrected chi connectivity index (χ4v) is 12.1. The average molecular weight is 1040 g/mol. The van der Waals surface area contributed by atoms with E-state index in [0.29, 0.717) is 11.3 Å². The predicted molar refractivity (Wildman–Crippen MR) is 335 cm³/mol. The third-order valence-corrected chi connectivity index (χ3v) is 16.1. The minimum atomic E-state index is -1.86. The van der Waals surface area contributed by atoms with E-state index in [0.717, 1.165) is 9.47 Å². The molecule has 0 saturated heterocycles. The maximum Gasteiger partial charge on any atom is 0.252 e. The highest BCUT2D eigenvalue weighted by molar-refractivity contribution is 7.25. The highest BCUT2D eigenvalue weighted by Crippen LogP contribution is 2.54. The molecular formula is C71H65BN4S. The van der Waals surface area contributed by atoms with E-state index in [2.05, 4.69) is 0 Å². The molecule has 12 aromatic rings. The number of thiophene rings is 1. The second-order valence-electron chi connectivity index (χ2n) is 24.6. The Hall–Kier alpha value is -7.54. The van der Waals surface area contributed by atoms with E-state index < -0.39 is 177 Å². The molecule has 3 aromatic heterocycles. The molecule has 0 spiro atoms. The zero-order valence-corrected chi connectivity index (χ0v) is 45.6. The third kappa shape index (κ3) is 6.58. The molecule has 0 saturated carbocycles. The fourth-order valence-electron chi connectivity index (χ4n) is 11.1. The van der Waals surface area contributed by atoms with Gasteiger partial charge in [0.1, 0.15) is 0 Å². The van der Waals surface area contributed by atoms with Crippen LogP contribution in [0.15, 0.2) is 157 Å². The molecule has 0 bridgehead atoms. The molecule has 0 N–H and O–H groups in total. The van der Waals surface area contributed by atoms with Crippen LogP contribution in [-0.4, -0.2) is 15.8 Å². The van der Waals surface area contributed by atoms with Gasteiger partial charge in [0, 0.05) is 70.2 Å². The van der Waals surface area contributed by atoms with Gasteiger partial charge in [-0.1, -0.05) is 144 Å². The van der Waals surface area contributed by atoms with Gasteiger partial charge < -0.3 is 18.9 Å². The number of anilines is 6. The van der Waals surface area contributed by atoms with Gasteiger partial charge >= 0.3 is 0 Å². The molecule has 378 valence electrons. The van der Waals surface area contributed by atoms with Crippen molar-refractivity contribution < 1.29 is 35.6 Å². The topological polar surface area (TPSA) is 16.3 Å². The Bertz CT molecular complexity index is 6070. The van der Waals surface area contributed by atoms with Gasteiger partial charge in [-0.25, -0.2) is 0 Å². The summed E-state index contributed by atoms with van der Waals surface area (Å²) in [4.78, 5) is 2.50. The smallest absolute Gasteiger partial charge is 0.252 e. The first-order chi connectivity index (χ1) is 47.6. The maximum absolute atomic E-state index is 11.2. The second kappa shape index (κ2) is 15.4. The molecule has 0 unspecified atom stereocenters. The Balaban J connectivity index is 1.23. The maximum atomic E-state index is 11.2. The third-order valence-electron chi connectivity index (χ3n) is 15.0. The lowest BCUT2D eigenvalue weighted by molar-refractivity contribution is 0.590. The molecule has 3 aliphatic heterocycles. The van der Waals surface area contributed by atoms with Crippen molar-refractivity contribution in [2.45, 2.75) is 112 Å². The summed E-state index contributed by atoms with van der Waals surface area (Å²) in [6.07, 6.45) is 0. The minimum Gasteiger partial charge on any atom is -0.311 e. The number of aromatic nitrogens is 2. The summed E-state index contributed by atoms with van der Waals surface area (Å²) in [5, 5.41) is -0.745. The molecule has 9 aromatic carbocycles. The van der Waals surface area contributed by atoms with Crippen molar-refractivity contribution in [2.75, 3.05) is 9.80 Å². The first-order valence-electron chi connectivity index (χ1n) is 38.7. The summed E-state index contributed by atoms with van der Waals surface area (Å²) in [5.74, 6) is 0. The summed E-state index contributed by atoms with van der Waals surface area (Å²) in [7, 11) is 0. The van der Waals surface area contributed by atoms with Gasteiger partial charge in [-0.3, -0.25) is 0 Å². The molecule has 15 rings (SSSR count). The van der Waals surface area contributed by atoms with Crippen LogP contribution in [0.1, 0.15) is 147 Å². The van der Waals surface area contributed by atoms with Crippen LogP contribution >= 0.6 is 11.3 Å². The van der Waals surface area contributed by atoms with Gasteiger partial charge in [0.25, 0.3) is 6.71 Å². The van der Waals surface area contributed by atoms with Crippen molar-refractivity contribution in [3.05, 3.63) is 185 Å². The van der Waals surface area contributed by atoms with E-state index in [1.807, 2.05) is 0 Å². The van der Waals surface area contributed by atoms with Crippen molar-refractivity contribution in [3.63, 3.8) is 0 Å². The number of rotatable bonds is 2. The number of hydrogen-bond acceptors (Lipinski definition) is 3. The summed E-state index contributed by atoms with van der Waals surface area (Å²) >= 11 is 0.700. The lowest BCUT2D eigenvalue weighted by atomic mass is 9.33. The van der Waals surface area contributed by atoms with Crippen LogP contribution in [0.4, 0.5) is 34.1 Å². The molecule has 6 heterocycles. The van der Waals surface area contributed by atoms with E-state index in [1.165, 1.54) is 16.4 Å². The highest BCUT2D eigenvalue weighted by atomic mass is 32.1. The first kappa shape index (κ1) is 27.2. The second-order valence-corrected chi connectivity index (χ2v) is 25.6. The van der Waals surface area contributed by atoms with Crippen LogP contribution in [-0.2, 0) is 21.7 Å². The van der Waals surface area contributed by atoms with Crippen LogP contribution in [0.25, 0.3) is 75.2 Å². The molecule has 3 aliphatic rings. The first-order valence-corrected chi connectivity index (χ1v) is 26.5. The number of para-hydroxylation sites is 1. The lowest BCUT2D eigenvalue weighted by Gasteiger charge is -2.46. The van der Waals surface area contributed by atoms with E-state index in [-0.39, 0.29) is 162 Å². The normalized spacial score (nSPS) is 18.9. The quantitative estimate of drug-likeness (QED) is 0.160. The van der Waals surface area contributed by atoms with Crippen molar-refractivity contribution in [1.29, 1.82) is 0 Å². The van der Waals surface area contributed by atoms with Crippen molar-refractivity contribution in [1.82, 2.24) is 9.13 Å². The van der Waals surface area contributed by atoms with Crippen LogP contribution in [0.5, 0.6) is 0 Å². The molecule has 0 radical (unpaired) electrons. The Morgan fingerprint density at radius 3 is 1.58 bits per heavy atom. The van der Waals surface area contributed by atoms with Gasteiger partial charge in [0.15, 0.2) is 0 Å². The van der Waals surface area contributed by atoms with Crippen LogP contribution < -0.4 is 26.2 Å². The van der Waals surface area contributed by atoms with Crippen LogP contribution in [0, 0.1) is 6.92 Å². The van der Waals surface area contributed by atoms with E-state index in [1.54, 1.807) is 83.1 Å². The van der Waals surface area contributed by atoms with Crippen molar-refractivity contribution >= 4 is 132 Å². The number of fused-ring (bicyclic) bond motifs is 15. The average Bonchev–Trinajstić information content (AvgIpc) is 1.65. The number of hydrogen-bond donors (Lipinski definition) is 0. The van der Waals surface area contributed by atoms with Gasteiger partial charge in [-0.15, -0.1) is 11.3 Å². The van der Waals surface area contributed by atoms with E-state index in [4.69, 9.17) is 5.48 Å². The van der Waals surface area contributed by atoms with Gasteiger partial charge in [0.05, 0.1) is 74.8 Å². The highest BCUT2D eigenvalue weighted by Gasteiger charge is 2.47. The molecule has 4 nitrogen and oxygen atoms in total. The van der Waals surface area contributed by atoms with Crippen molar-refractivity contribution in [3.8, 4) is 11.4 Å². The lowest BCUT2D eigenvalue weighted by Crippen LogP contribution is -2.61. The summed E-state index contributed by atoms with van der Waals surface area (Å²) in [6.45, 7) is 20.5. The number of benzene rings is 9. The van der Waals surface area contributed by atoms with Gasteiger partial charge in [-0.2, -0.15) is 0 Å². The van der Waals surface area contributed by atoms with E-state index in [9.17, 15) is 30.2 Å². The molecular weight excluding hydrogens is 952 g/mol. The van der Waals surface area contributed by atoms with Crippen molar-refractivity contribution in [2.24, 2.45) is 0 Å². The predicted octanol–water partition coefficient (Wildman–Crippen LogP) is 18.1. The Morgan fingerprint density at radius 2 is 0.948 bits per heavy atom. The largest absolute Gasteiger partial charge is 0.311 e. The van der Waals surface area contributed by atoms with Crippen LogP contribution in [0.3, 0.4) is 0 Å². The molecule has 0 fully saturated rings. The number of nitrogens with zero attached hydrogens (tertiary/aromatic N) is 4. The molecule has 0 amide bonds. The minimum absolute atomic E-state index is 0.00945. The van der Waals surface area contributed by atoms with Gasteiger partial charge in [0.2, 0.25) is 0 Å². The monoisotopic (exact) mass is 1040 g/mol. The molecule has 0 aliphatic carbocycles. The Kier molecular flexibility index (Phi) is 5.42. The Morgan fingerprint density at radius 1 is 0.390 bits per heavy atom. The molecule has 6 heteroatoms. The summed E-state index contributed by atoms with van der Waals surface area (Å²) in [5.41, 5.74) is -9.01. The Labute approximate surface area is 493 Å². The summed E-state index contributed by atoms with van der Waals surface area (Å²) in [6, 6.07) is -15.0. The zero-order chi connectivity index (χ0) is 75.8. The zero-order valence-electron chi connectivity index (χ0n) is 70.8. The van der Waals surface area contributed by atoms with Crippen LogP contribution in [0.2, 0.25) is 0 Å². The van der Waals surface area contributed by atoms with Gasteiger partial charge in [-0.05, 0) is 169 Å². The fraction of sp³-hybridized carbons (Fsp3) is 0.239. The standard InChI is InChI=1S/C71H65BN4S/c1-40-31-60-65-61(32-40)76-62-37-44(71(11,12)13)36-52-51-35-43(70(8,9)10)23-30-57(51)75(66(52)62)58-19-16-18-54(67(58)76)72(65)53-27-25-45(38-59(53)74(60)46-24-26-48-47-17-14-15-20-63(47)77-64(48)39-46)73-55-28-21-41(68(2,3)4)33-49(55)50-34-42(69(5,6)7)22-29-56(50)73/h14-39H,1-13H3/i14D,15D,16D,17D,18D,19D,20D,21D,22D,23D,24D,25D,26D,27D,28D,29D,30D,31D,32D,33D,34D,35D,36D,37D,38D,39D.